The number of nitrogens with one attached hydrogen (secondary N) is 2. The van der Waals surface area contributed by atoms with Gasteiger partial charge in [-0.1, -0.05) is 18.2 Å². The molecule has 3 heterocycles. The molecule has 3 N–H and O–H groups in total. The average Bonchev–Trinajstić information content (AvgIpc) is 3.40. The summed E-state index contributed by atoms with van der Waals surface area (Å²) < 4.78 is 1.06. The van der Waals surface area contributed by atoms with Crippen LogP contribution >= 0.6 is 11.3 Å². The Bertz CT molecular complexity index is 1220. The van der Waals surface area contributed by atoms with E-state index in [2.05, 4.69) is 10.6 Å². The number of hydrogen-bond donors (Lipinski definition) is 3. The highest BCUT2D eigenvalue weighted by Crippen LogP contribution is 2.38. The molecule has 0 saturated carbocycles. The van der Waals surface area contributed by atoms with Gasteiger partial charge in [-0.3, -0.25) is 14.4 Å². The molecule has 31 heavy (non-hydrogen) atoms. The van der Waals surface area contributed by atoms with Crippen LogP contribution in [0.5, 0.6) is 0 Å². The monoisotopic (exact) mass is 435 g/mol. The van der Waals surface area contributed by atoms with Crippen LogP contribution in [-0.2, 0) is 27.2 Å². The minimum absolute atomic E-state index is 0.0561. The van der Waals surface area contributed by atoms with E-state index >= 15 is 0 Å². The van der Waals surface area contributed by atoms with E-state index in [9.17, 15) is 19.5 Å². The number of fused-ring (bicyclic) bond motifs is 1. The number of thiophene rings is 1. The SMILES string of the molecule is O=C(NCC(O)c1csc2ccccc12)C(=O)Nc1cc2c3c(c1)CCN3C(=O)CC2. The van der Waals surface area contributed by atoms with E-state index in [0.29, 0.717) is 25.1 Å². The van der Waals surface area contributed by atoms with Gasteiger partial charge in [0.1, 0.15) is 0 Å². The van der Waals surface area contributed by atoms with Gasteiger partial charge < -0.3 is 20.6 Å². The Morgan fingerprint density at radius 2 is 1.87 bits per heavy atom. The fraction of sp³-hybridized carbons (Fsp3) is 0.261. The highest BCUT2D eigenvalue weighted by molar-refractivity contribution is 7.17. The molecule has 2 aliphatic heterocycles. The quantitative estimate of drug-likeness (QED) is 0.549. The molecule has 0 saturated heterocycles. The summed E-state index contributed by atoms with van der Waals surface area (Å²) in [5.74, 6) is -1.44. The van der Waals surface area contributed by atoms with Crippen molar-refractivity contribution < 1.29 is 19.5 Å². The van der Waals surface area contributed by atoms with Gasteiger partial charge in [0, 0.05) is 35.5 Å². The van der Waals surface area contributed by atoms with E-state index in [0.717, 1.165) is 38.9 Å². The average molecular weight is 436 g/mol. The molecule has 1 atom stereocenters. The first kappa shape index (κ1) is 19.7. The van der Waals surface area contributed by atoms with Crippen LogP contribution in [0.4, 0.5) is 11.4 Å². The second-order valence-electron chi connectivity index (χ2n) is 7.81. The largest absolute Gasteiger partial charge is 0.387 e. The molecular formula is C23H21N3O4S. The summed E-state index contributed by atoms with van der Waals surface area (Å²) in [6.07, 6.45) is 0.930. The maximum Gasteiger partial charge on any atom is 0.313 e. The summed E-state index contributed by atoms with van der Waals surface area (Å²) in [5, 5.41) is 18.5. The van der Waals surface area contributed by atoms with Crippen molar-refractivity contribution in [2.45, 2.75) is 25.4 Å². The topological polar surface area (TPSA) is 98.7 Å². The summed E-state index contributed by atoms with van der Waals surface area (Å²) >= 11 is 1.53. The molecule has 0 radical (unpaired) electrons. The summed E-state index contributed by atoms with van der Waals surface area (Å²) in [6.45, 7) is 0.605. The van der Waals surface area contributed by atoms with Crippen LogP contribution in [0.2, 0.25) is 0 Å². The number of aliphatic hydroxyl groups excluding tert-OH is 1. The van der Waals surface area contributed by atoms with Crippen LogP contribution in [0.25, 0.3) is 10.1 Å². The van der Waals surface area contributed by atoms with E-state index in [1.165, 1.54) is 11.3 Å². The molecule has 2 aromatic carbocycles. The third-order valence-corrected chi connectivity index (χ3v) is 6.82. The minimum Gasteiger partial charge on any atom is -0.387 e. The Morgan fingerprint density at radius 1 is 1.10 bits per heavy atom. The Hall–Kier alpha value is -3.23. The number of anilines is 2. The number of benzene rings is 2. The van der Waals surface area contributed by atoms with Gasteiger partial charge in [-0.05, 0) is 52.9 Å². The predicted octanol–water partition coefficient (Wildman–Crippen LogP) is 2.52. The zero-order chi connectivity index (χ0) is 21.5. The molecule has 5 rings (SSSR count). The molecule has 3 amide bonds. The molecule has 1 aromatic heterocycles. The number of carbonyl (C=O) groups is 3. The van der Waals surface area contributed by atoms with E-state index in [-0.39, 0.29) is 12.5 Å². The molecule has 8 heteroatoms. The summed E-state index contributed by atoms with van der Waals surface area (Å²) in [6, 6.07) is 11.4. The van der Waals surface area contributed by atoms with Crippen molar-refractivity contribution in [3.63, 3.8) is 0 Å². The number of aryl methyl sites for hydroxylation is 1. The Balaban J connectivity index is 1.23. The van der Waals surface area contributed by atoms with Gasteiger partial charge in [-0.2, -0.15) is 0 Å². The maximum atomic E-state index is 12.4. The normalized spacial score (nSPS) is 15.6. The van der Waals surface area contributed by atoms with Crippen molar-refractivity contribution in [3.05, 3.63) is 58.5 Å². The standard InChI is InChI=1S/C23H21N3O4S/c27-18(17-12-31-19-4-2-1-3-16(17)19)11-24-22(29)23(30)25-15-9-13-5-6-20(28)26-8-7-14(10-15)21(13)26/h1-4,9-10,12,18,27H,5-8,11H2,(H,24,29)(H,25,30). The Kier molecular flexibility index (Phi) is 4.95. The molecule has 7 nitrogen and oxygen atoms in total. The van der Waals surface area contributed by atoms with Crippen molar-refractivity contribution in [1.29, 1.82) is 0 Å². The van der Waals surface area contributed by atoms with Crippen molar-refractivity contribution in [2.24, 2.45) is 0 Å². The van der Waals surface area contributed by atoms with Crippen LogP contribution in [0.3, 0.4) is 0 Å². The number of nitrogens with zero attached hydrogens (tertiary/aromatic N) is 1. The van der Waals surface area contributed by atoms with Crippen LogP contribution < -0.4 is 15.5 Å². The molecule has 0 aliphatic carbocycles. The van der Waals surface area contributed by atoms with Crippen molar-refractivity contribution in [3.8, 4) is 0 Å². The predicted molar refractivity (Wildman–Crippen MR) is 119 cm³/mol. The number of hydrogen-bond acceptors (Lipinski definition) is 5. The van der Waals surface area contributed by atoms with E-state index in [1.807, 2.05) is 46.7 Å². The van der Waals surface area contributed by atoms with E-state index in [4.69, 9.17) is 0 Å². The molecule has 0 spiro atoms. The van der Waals surface area contributed by atoms with Gasteiger partial charge in [0.05, 0.1) is 11.8 Å². The third kappa shape index (κ3) is 3.58. The molecular weight excluding hydrogens is 414 g/mol. The lowest BCUT2D eigenvalue weighted by Gasteiger charge is -2.25. The van der Waals surface area contributed by atoms with Crippen molar-refractivity contribution >= 4 is 50.5 Å². The first-order valence-corrected chi connectivity index (χ1v) is 11.1. The van der Waals surface area contributed by atoms with Gasteiger partial charge in [-0.25, -0.2) is 0 Å². The first-order chi connectivity index (χ1) is 15.0. The number of carbonyl (C=O) groups excluding carboxylic acids is 3. The fourth-order valence-corrected chi connectivity index (χ4v) is 5.36. The second-order valence-corrected chi connectivity index (χ2v) is 8.72. The number of aliphatic hydroxyl groups is 1. The molecule has 0 fully saturated rings. The molecule has 0 bridgehead atoms. The first-order valence-electron chi connectivity index (χ1n) is 10.2. The highest BCUT2D eigenvalue weighted by atomic mass is 32.1. The van der Waals surface area contributed by atoms with Crippen LogP contribution in [0.1, 0.15) is 29.2 Å². The molecule has 1 unspecified atom stereocenters. The number of rotatable bonds is 4. The lowest BCUT2D eigenvalue weighted by molar-refractivity contribution is -0.136. The lowest BCUT2D eigenvalue weighted by Crippen LogP contribution is -2.37. The van der Waals surface area contributed by atoms with Gasteiger partial charge in [0.2, 0.25) is 5.91 Å². The van der Waals surface area contributed by atoms with Crippen molar-refractivity contribution in [2.75, 3.05) is 23.3 Å². The van der Waals surface area contributed by atoms with Crippen LogP contribution in [-0.4, -0.2) is 35.9 Å². The second kappa shape index (κ2) is 7.79. The minimum atomic E-state index is -0.902. The fourth-order valence-electron chi connectivity index (χ4n) is 4.35. The molecule has 158 valence electrons. The van der Waals surface area contributed by atoms with Crippen LogP contribution in [0.15, 0.2) is 41.8 Å². The molecule has 3 aromatic rings. The summed E-state index contributed by atoms with van der Waals surface area (Å²) in [4.78, 5) is 38.5. The van der Waals surface area contributed by atoms with Gasteiger partial charge in [0.15, 0.2) is 0 Å². The zero-order valence-electron chi connectivity index (χ0n) is 16.7. The van der Waals surface area contributed by atoms with E-state index in [1.54, 1.807) is 0 Å². The van der Waals surface area contributed by atoms with Gasteiger partial charge >= 0.3 is 11.8 Å². The third-order valence-electron chi connectivity index (χ3n) is 5.84. The Labute approximate surface area is 182 Å². The van der Waals surface area contributed by atoms with E-state index < -0.39 is 17.9 Å². The Morgan fingerprint density at radius 3 is 2.71 bits per heavy atom. The summed E-state index contributed by atoms with van der Waals surface area (Å²) in [7, 11) is 0. The highest BCUT2D eigenvalue weighted by Gasteiger charge is 2.31. The van der Waals surface area contributed by atoms with Gasteiger partial charge in [-0.15, -0.1) is 11.3 Å². The van der Waals surface area contributed by atoms with Crippen molar-refractivity contribution in [1.82, 2.24) is 5.32 Å². The molecule has 2 aliphatic rings. The lowest BCUT2D eigenvalue weighted by atomic mass is 9.98. The van der Waals surface area contributed by atoms with Gasteiger partial charge in [0.25, 0.3) is 0 Å². The summed E-state index contributed by atoms with van der Waals surface area (Å²) in [5.41, 5.74) is 4.28. The van der Waals surface area contributed by atoms with Crippen LogP contribution in [0, 0.1) is 0 Å². The smallest absolute Gasteiger partial charge is 0.313 e. The zero-order valence-corrected chi connectivity index (χ0v) is 17.5. The maximum absolute atomic E-state index is 12.4. The number of amides is 3.